The van der Waals surface area contributed by atoms with Crippen molar-refractivity contribution in [1.29, 1.82) is 0 Å². The minimum absolute atomic E-state index is 0.542. The molecule has 0 atom stereocenters. The molecule has 0 N–H and O–H groups in total. The molecule has 0 aliphatic carbocycles. The van der Waals surface area contributed by atoms with E-state index in [2.05, 4.69) is 50.9 Å². The Labute approximate surface area is 178 Å². The average molecular weight is 420 g/mol. The Bertz CT molecular complexity index is 750. The summed E-state index contributed by atoms with van der Waals surface area (Å²) in [7, 11) is 2.02. The van der Waals surface area contributed by atoms with E-state index in [0.29, 0.717) is 11.1 Å². The van der Waals surface area contributed by atoms with Crippen molar-refractivity contribution >= 4 is 35.1 Å². The molecule has 2 aromatic rings. The maximum atomic E-state index is 6.56. The van der Waals surface area contributed by atoms with Crippen LogP contribution in [0.5, 0.6) is 0 Å². The zero-order valence-corrected chi connectivity index (χ0v) is 18.6. The second-order valence-corrected chi connectivity index (χ2v) is 8.37. The molecule has 1 aliphatic heterocycles. The molecule has 0 bridgehead atoms. The first-order valence-corrected chi connectivity index (χ1v) is 11.6. The van der Waals surface area contributed by atoms with E-state index < -0.39 is 0 Å². The van der Waals surface area contributed by atoms with Crippen LogP contribution in [-0.4, -0.2) is 60.9 Å². The SMILES string of the molecule is CCCCN1CCN(c2nc(N(C)Cc3ccccc3)nc(Cl)c2SC)CC1. The highest BCUT2D eigenvalue weighted by Gasteiger charge is 2.23. The molecule has 0 spiro atoms. The third-order valence-electron chi connectivity index (χ3n) is 5.10. The third-order valence-corrected chi connectivity index (χ3v) is 6.27. The van der Waals surface area contributed by atoms with E-state index >= 15 is 0 Å². The van der Waals surface area contributed by atoms with Gasteiger partial charge in [0, 0.05) is 39.8 Å². The number of hydrogen-bond acceptors (Lipinski definition) is 6. The molecule has 0 radical (unpaired) electrons. The molecule has 3 rings (SSSR count). The van der Waals surface area contributed by atoms with Gasteiger partial charge in [0.25, 0.3) is 0 Å². The van der Waals surface area contributed by atoms with Gasteiger partial charge in [-0.25, -0.2) is 0 Å². The van der Waals surface area contributed by atoms with Gasteiger partial charge in [0.1, 0.15) is 11.0 Å². The molecule has 1 aromatic carbocycles. The molecule has 1 aromatic heterocycles. The summed E-state index contributed by atoms with van der Waals surface area (Å²) in [5.41, 5.74) is 1.23. The van der Waals surface area contributed by atoms with E-state index in [4.69, 9.17) is 16.6 Å². The first-order valence-electron chi connectivity index (χ1n) is 9.96. The lowest BCUT2D eigenvalue weighted by molar-refractivity contribution is 0.253. The number of piperazine rings is 1. The van der Waals surface area contributed by atoms with E-state index in [9.17, 15) is 0 Å². The lowest BCUT2D eigenvalue weighted by Crippen LogP contribution is -2.47. The van der Waals surface area contributed by atoms with Gasteiger partial charge in [-0.15, -0.1) is 11.8 Å². The summed E-state index contributed by atoms with van der Waals surface area (Å²) in [4.78, 5) is 17.4. The summed E-state index contributed by atoms with van der Waals surface area (Å²) < 4.78 is 0. The zero-order valence-electron chi connectivity index (χ0n) is 17.1. The lowest BCUT2D eigenvalue weighted by Gasteiger charge is -2.36. The molecular weight excluding hydrogens is 390 g/mol. The largest absolute Gasteiger partial charge is 0.353 e. The van der Waals surface area contributed by atoms with E-state index in [-0.39, 0.29) is 0 Å². The van der Waals surface area contributed by atoms with Gasteiger partial charge in [0.2, 0.25) is 5.95 Å². The van der Waals surface area contributed by atoms with Crippen molar-refractivity contribution in [1.82, 2.24) is 14.9 Å². The average Bonchev–Trinajstić information content (AvgIpc) is 2.72. The highest BCUT2D eigenvalue weighted by Crippen LogP contribution is 2.35. The number of unbranched alkanes of at least 4 members (excludes halogenated alkanes) is 1. The summed E-state index contributed by atoms with van der Waals surface area (Å²) in [6.45, 7) is 8.29. The minimum atomic E-state index is 0.542. The second-order valence-electron chi connectivity index (χ2n) is 7.20. The van der Waals surface area contributed by atoms with Crippen molar-refractivity contribution in [3.8, 4) is 0 Å². The minimum Gasteiger partial charge on any atom is -0.353 e. The van der Waals surface area contributed by atoms with Crippen molar-refractivity contribution < 1.29 is 0 Å². The van der Waals surface area contributed by atoms with Gasteiger partial charge in [-0.3, -0.25) is 4.90 Å². The topological polar surface area (TPSA) is 35.5 Å². The molecule has 0 saturated carbocycles. The maximum Gasteiger partial charge on any atom is 0.228 e. The van der Waals surface area contributed by atoms with Crippen molar-refractivity contribution in [2.45, 2.75) is 31.2 Å². The Morgan fingerprint density at radius 1 is 1.11 bits per heavy atom. The van der Waals surface area contributed by atoms with Crippen LogP contribution in [0, 0.1) is 0 Å². The lowest BCUT2D eigenvalue weighted by atomic mass is 10.2. The van der Waals surface area contributed by atoms with Gasteiger partial charge in [-0.05, 0) is 24.8 Å². The fourth-order valence-electron chi connectivity index (χ4n) is 3.45. The molecule has 152 valence electrons. The van der Waals surface area contributed by atoms with E-state index in [1.165, 1.54) is 24.9 Å². The Balaban J connectivity index is 1.77. The predicted molar refractivity (Wildman–Crippen MR) is 121 cm³/mol. The van der Waals surface area contributed by atoms with Crippen LogP contribution in [0.25, 0.3) is 0 Å². The summed E-state index contributed by atoms with van der Waals surface area (Å²) in [5, 5.41) is 0.542. The van der Waals surface area contributed by atoms with E-state index in [1.54, 1.807) is 11.8 Å². The normalized spacial score (nSPS) is 15.1. The molecule has 0 amide bonds. The molecular formula is C21H30ClN5S. The second kappa shape index (κ2) is 10.3. The summed E-state index contributed by atoms with van der Waals surface area (Å²) >= 11 is 8.19. The number of rotatable bonds is 8. The van der Waals surface area contributed by atoms with Crippen LogP contribution >= 0.6 is 23.4 Å². The first kappa shape index (κ1) is 21.2. The van der Waals surface area contributed by atoms with Gasteiger partial charge in [-0.2, -0.15) is 9.97 Å². The number of aromatic nitrogens is 2. The van der Waals surface area contributed by atoms with Gasteiger partial charge in [0.15, 0.2) is 0 Å². The van der Waals surface area contributed by atoms with Crippen LogP contribution < -0.4 is 9.80 Å². The number of anilines is 2. The highest BCUT2D eigenvalue weighted by molar-refractivity contribution is 7.98. The van der Waals surface area contributed by atoms with E-state index in [0.717, 1.165) is 43.4 Å². The number of nitrogens with zero attached hydrogens (tertiary/aromatic N) is 5. The Hall–Kier alpha value is -1.50. The zero-order chi connectivity index (χ0) is 19.9. The van der Waals surface area contributed by atoms with Crippen molar-refractivity contribution in [3.63, 3.8) is 0 Å². The first-order chi connectivity index (χ1) is 13.6. The number of benzene rings is 1. The predicted octanol–water partition coefficient (Wildman–Crippen LogP) is 4.41. The summed E-state index contributed by atoms with van der Waals surface area (Å²) in [6.07, 6.45) is 4.55. The summed E-state index contributed by atoms with van der Waals surface area (Å²) in [5.74, 6) is 1.65. The Morgan fingerprint density at radius 3 is 2.46 bits per heavy atom. The van der Waals surface area contributed by atoms with Crippen LogP contribution in [0.4, 0.5) is 11.8 Å². The van der Waals surface area contributed by atoms with Crippen molar-refractivity contribution in [2.24, 2.45) is 0 Å². The number of halogens is 1. The monoisotopic (exact) mass is 419 g/mol. The highest BCUT2D eigenvalue weighted by atomic mass is 35.5. The number of thioether (sulfide) groups is 1. The van der Waals surface area contributed by atoms with Crippen molar-refractivity contribution in [2.75, 3.05) is 55.8 Å². The van der Waals surface area contributed by atoms with Crippen LogP contribution in [0.1, 0.15) is 25.3 Å². The molecule has 1 aliphatic rings. The molecule has 5 nitrogen and oxygen atoms in total. The molecule has 1 fully saturated rings. The maximum absolute atomic E-state index is 6.56. The fourth-order valence-corrected chi connectivity index (χ4v) is 4.42. The standard InChI is InChI=1S/C21H30ClN5S/c1-4-5-11-26-12-14-27(15-13-26)20-18(28-3)19(22)23-21(24-20)25(2)16-17-9-7-6-8-10-17/h6-10H,4-5,11-16H2,1-3H3. The van der Waals surface area contributed by atoms with Crippen LogP contribution in [0.3, 0.4) is 0 Å². The Morgan fingerprint density at radius 2 is 1.82 bits per heavy atom. The van der Waals surface area contributed by atoms with Crippen LogP contribution in [0.2, 0.25) is 5.15 Å². The van der Waals surface area contributed by atoms with Crippen LogP contribution in [0.15, 0.2) is 35.2 Å². The van der Waals surface area contributed by atoms with Gasteiger partial charge < -0.3 is 9.80 Å². The molecule has 2 heterocycles. The van der Waals surface area contributed by atoms with Crippen LogP contribution in [-0.2, 0) is 6.54 Å². The Kier molecular flexibility index (Phi) is 7.82. The van der Waals surface area contributed by atoms with Crippen molar-refractivity contribution in [3.05, 3.63) is 41.0 Å². The number of hydrogen-bond donors (Lipinski definition) is 0. The molecule has 0 unspecified atom stereocenters. The fraction of sp³-hybridized carbons (Fsp3) is 0.524. The van der Waals surface area contributed by atoms with E-state index in [1.807, 2.05) is 19.4 Å². The quantitative estimate of drug-likeness (QED) is 0.465. The van der Waals surface area contributed by atoms with Gasteiger partial charge in [0.05, 0.1) is 4.90 Å². The van der Waals surface area contributed by atoms with Gasteiger partial charge >= 0.3 is 0 Å². The smallest absolute Gasteiger partial charge is 0.228 e. The van der Waals surface area contributed by atoms with Gasteiger partial charge in [-0.1, -0.05) is 55.3 Å². The molecule has 28 heavy (non-hydrogen) atoms. The molecule has 1 saturated heterocycles. The molecule has 7 heteroatoms. The summed E-state index contributed by atoms with van der Waals surface area (Å²) in [6, 6.07) is 10.4. The third kappa shape index (κ3) is 5.31.